The SMILES string of the molecule is c1cc(NCCNc2ccnnn2)nnn1. The Bertz CT molecular complexity index is 363. The van der Waals surface area contributed by atoms with Crippen LogP contribution in [0.5, 0.6) is 0 Å². The third kappa shape index (κ3) is 3.08. The van der Waals surface area contributed by atoms with Crippen molar-refractivity contribution < 1.29 is 0 Å². The van der Waals surface area contributed by atoms with Gasteiger partial charge in [-0.25, -0.2) is 0 Å². The van der Waals surface area contributed by atoms with Gasteiger partial charge in [0.2, 0.25) is 0 Å². The molecule has 0 bridgehead atoms. The molecular formula is C8H10N8. The van der Waals surface area contributed by atoms with Crippen molar-refractivity contribution in [1.82, 2.24) is 30.8 Å². The molecule has 16 heavy (non-hydrogen) atoms. The van der Waals surface area contributed by atoms with Crippen LogP contribution in [0.25, 0.3) is 0 Å². The van der Waals surface area contributed by atoms with Crippen LogP contribution in [0.4, 0.5) is 11.6 Å². The lowest BCUT2D eigenvalue weighted by atomic mass is 10.5. The third-order valence-electron chi connectivity index (χ3n) is 1.74. The molecule has 0 aliphatic heterocycles. The van der Waals surface area contributed by atoms with Gasteiger partial charge in [-0.2, -0.15) is 0 Å². The van der Waals surface area contributed by atoms with Gasteiger partial charge in [-0.05, 0) is 10.4 Å². The van der Waals surface area contributed by atoms with Crippen LogP contribution in [-0.2, 0) is 0 Å². The van der Waals surface area contributed by atoms with E-state index in [9.17, 15) is 0 Å². The summed E-state index contributed by atoms with van der Waals surface area (Å²) in [5, 5.41) is 27.9. The molecule has 8 heteroatoms. The first-order chi connectivity index (χ1) is 7.95. The first-order valence-electron chi connectivity index (χ1n) is 4.71. The Balaban J connectivity index is 1.70. The number of rotatable bonds is 5. The first kappa shape index (κ1) is 10.1. The largest absolute Gasteiger partial charge is 0.367 e. The van der Waals surface area contributed by atoms with Gasteiger partial charge in [0.05, 0.1) is 12.4 Å². The van der Waals surface area contributed by atoms with Crippen LogP contribution in [0.15, 0.2) is 24.5 Å². The monoisotopic (exact) mass is 218 g/mol. The quantitative estimate of drug-likeness (QED) is 0.652. The highest BCUT2D eigenvalue weighted by Gasteiger charge is 1.94. The Morgan fingerprint density at radius 2 is 1.31 bits per heavy atom. The molecule has 8 nitrogen and oxygen atoms in total. The Labute approximate surface area is 91.5 Å². The molecule has 0 amide bonds. The zero-order chi connectivity index (χ0) is 11.1. The predicted molar refractivity (Wildman–Crippen MR) is 56.6 cm³/mol. The van der Waals surface area contributed by atoms with Crippen molar-refractivity contribution in [3.8, 4) is 0 Å². The fourth-order valence-corrected chi connectivity index (χ4v) is 1.05. The second kappa shape index (κ2) is 5.49. The highest BCUT2D eigenvalue weighted by molar-refractivity contribution is 5.33. The van der Waals surface area contributed by atoms with E-state index in [-0.39, 0.29) is 0 Å². The fraction of sp³-hybridized carbons (Fsp3) is 0.250. The van der Waals surface area contributed by atoms with Crippen molar-refractivity contribution in [2.75, 3.05) is 23.7 Å². The van der Waals surface area contributed by atoms with E-state index < -0.39 is 0 Å². The summed E-state index contributed by atoms with van der Waals surface area (Å²) in [7, 11) is 0. The molecule has 0 aromatic carbocycles. The third-order valence-corrected chi connectivity index (χ3v) is 1.74. The maximum Gasteiger partial charge on any atom is 0.152 e. The van der Waals surface area contributed by atoms with Gasteiger partial charge in [0.1, 0.15) is 0 Å². The smallest absolute Gasteiger partial charge is 0.152 e. The van der Waals surface area contributed by atoms with Crippen molar-refractivity contribution in [1.29, 1.82) is 0 Å². The van der Waals surface area contributed by atoms with Gasteiger partial charge < -0.3 is 10.6 Å². The molecule has 0 saturated carbocycles. The average molecular weight is 218 g/mol. The van der Waals surface area contributed by atoms with Crippen molar-refractivity contribution in [2.24, 2.45) is 0 Å². The number of nitrogens with one attached hydrogen (secondary N) is 2. The highest BCUT2D eigenvalue weighted by atomic mass is 15.3. The highest BCUT2D eigenvalue weighted by Crippen LogP contribution is 1.97. The Kier molecular flexibility index (Phi) is 3.48. The van der Waals surface area contributed by atoms with E-state index >= 15 is 0 Å². The number of hydrogen-bond donors (Lipinski definition) is 2. The molecule has 2 N–H and O–H groups in total. The maximum atomic E-state index is 3.79. The van der Waals surface area contributed by atoms with E-state index in [0.717, 1.165) is 0 Å². The normalized spacial score (nSPS) is 9.75. The van der Waals surface area contributed by atoms with E-state index in [1.165, 1.54) is 0 Å². The molecule has 2 heterocycles. The maximum absolute atomic E-state index is 3.79. The van der Waals surface area contributed by atoms with Crippen molar-refractivity contribution in [2.45, 2.75) is 0 Å². The topological polar surface area (TPSA) is 101 Å². The summed E-state index contributed by atoms with van der Waals surface area (Å²) >= 11 is 0. The van der Waals surface area contributed by atoms with Crippen LogP contribution in [0.1, 0.15) is 0 Å². The molecule has 2 aromatic heterocycles. The fourth-order valence-electron chi connectivity index (χ4n) is 1.05. The van der Waals surface area contributed by atoms with Crippen LogP contribution in [-0.4, -0.2) is 43.9 Å². The molecule has 0 atom stereocenters. The van der Waals surface area contributed by atoms with Crippen molar-refractivity contribution in [3.05, 3.63) is 24.5 Å². The lowest BCUT2D eigenvalue weighted by Gasteiger charge is -2.05. The Morgan fingerprint density at radius 1 is 0.812 bits per heavy atom. The van der Waals surface area contributed by atoms with E-state index in [1.54, 1.807) is 24.5 Å². The number of hydrogen-bond acceptors (Lipinski definition) is 8. The summed E-state index contributed by atoms with van der Waals surface area (Å²) in [6.07, 6.45) is 3.16. The number of aromatic nitrogens is 6. The minimum Gasteiger partial charge on any atom is -0.367 e. The van der Waals surface area contributed by atoms with Gasteiger partial charge in [0, 0.05) is 25.2 Å². The van der Waals surface area contributed by atoms with E-state index in [1.807, 2.05) is 0 Å². The van der Waals surface area contributed by atoms with Crippen LogP contribution < -0.4 is 10.6 Å². The second-order valence-corrected chi connectivity index (χ2v) is 2.87. The summed E-state index contributed by atoms with van der Waals surface area (Å²) in [5.74, 6) is 1.38. The van der Waals surface area contributed by atoms with Gasteiger partial charge in [-0.3, -0.25) is 0 Å². The minimum absolute atomic E-state index is 0.692. The zero-order valence-corrected chi connectivity index (χ0v) is 8.41. The van der Waals surface area contributed by atoms with Crippen LogP contribution in [0, 0.1) is 0 Å². The van der Waals surface area contributed by atoms with Gasteiger partial charge >= 0.3 is 0 Å². The lowest BCUT2D eigenvalue weighted by Crippen LogP contribution is -2.15. The second-order valence-electron chi connectivity index (χ2n) is 2.87. The predicted octanol–water partition coefficient (Wildman–Crippen LogP) is -0.419. The average Bonchev–Trinajstić information content (AvgIpc) is 2.37. The molecule has 0 spiro atoms. The van der Waals surface area contributed by atoms with Crippen molar-refractivity contribution in [3.63, 3.8) is 0 Å². The number of anilines is 2. The molecule has 2 rings (SSSR count). The molecule has 0 unspecified atom stereocenters. The molecule has 0 aliphatic rings. The minimum atomic E-state index is 0.692. The van der Waals surface area contributed by atoms with Crippen LogP contribution in [0.3, 0.4) is 0 Å². The molecule has 2 aromatic rings. The van der Waals surface area contributed by atoms with Gasteiger partial charge in [-0.15, -0.1) is 20.4 Å². The van der Waals surface area contributed by atoms with Crippen molar-refractivity contribution >= 4 is 11.6 Å². The summed E-state index contributed by atoms with van der Waals surface area (Å²) < 4.78 is 0. The number of nitrogens with zero attached hydrogens (tertiary/aromatic N) is 6. The zero-order valence-electron chi connectivity index (χ0n) is 8.41. The molecule has 0 saturated heterocycles. The van der Waals surface area contributed by atoms with E-state index in [0.29, 0.717) is 24.7 Å². The Hall–Kier alpha value is -2.38. The molecule has 0 fully saturated rings. The molecule has 0 aliphatic carbocycles. The van der Waals surface area contributed by atoms with Crippen LogP contribution >= 0.6 is 0 Å². The summed E-state index contributed by atoms with van der Waals surface area (Å²) in [6, 6.07) is 3.50. The summed E-state index contributed by atoms with van der Waals surface area (Å²) in [4.78, 5) is 0. The Morgan fingerprint density at radius 3 is 1.69 bits per heavy atom. The first-order valence-corrected chi connectivity index (χ1v) is 4.71. The van der Waals surface area contributed by atoms with E-state index in [2.05, 4.69) is 41.5 Å². The molecule has 0 radical (unpaired) electrons. The van der Waals surface area contributed by atoms with Crippen LogP contribution in [0.2, 0.25) is 0 Å². The molecule has 82 valence electrons. The summed E-state index contributed by atoms with van der Waals surface area (Å²) in [6.45, 7) is 1.39. The summed E-state index contributed by atoms with van der Waals surface area (Å²) in [5.41, 5.74) is 0. The molecular weight excluding hydrogens is 208 g/mol. The van der Waals surface area contributed by atoms with Gasteiger partial charge in [-0.1, -0.05) is 0 Å². The van der Waals surface area contributed by atoms with Gasteiger partial charge in [0.15, 0.2) is 11.6 Å². The standard InChI is InChI=1S/C8H10N8/c1-3-11-15-13-7(1)9-5-6-10-8-2-4-12-16-14-8/h1-4H,5-6H2,(H,9,11,13)(H,10,12,14). The lowest BCUT2D eigenvalue weighted by molar-refractivity contribution is 0.852. The van der Waals surface area contributed by atoms with E-state index in [4.69, 9.17) is 0 Å². The van der Waals surface area contributed by atoms with Gasteiger partial charge in [0.25, 0.3) is 0 Å².